The molecular formula is C10H15NO2. The first-order valence-electron chi connectivity index (χ1n) is 4.25. The Morgan fingerprint density at radius 2 is 1.77 bits per heavy atom. The normalized spacial score (nSPS) is 11.0. The molecule has 0 spiro atoms. The van der Waals surface area contributed by atoms with Crippen LogP contribution in [0, 0.1) is 0 Å². The molecule has 0 heterocycles. The molecule has 1 rings (SSSR count). The van der Waals surface area contributed by atoms with Gasteiger partial charge in [0.05, 0.1) is 0 Å². The fourth-order valence-corrected chi connectivity index (χ4v) is 0.803. The largest absolute Gasteiger partial charge is 0.480 e. The number of rotatable bonds is 2. The first kappa shape index (κ1) is 11.6. The molecule has 0 bridgehead atoms. The van der Waals surface area contributed by atoms with E-state index in [0.717, 1.165) is 0 Å². The highest BCUT2D eigenvalue weighted by atomic mass is 16.4. The Balaban J connectivity index is 0.000000671. The Labute approximate surface area is 78.2 Å². The van der Waals surface area contributed by atoms with Crippen molar-refractivity contribution < 1.29 is 9.90 Å². The highest BCUT2D eigenvalue weighted by Gasteiger charge is 2.12. The van der Waals surface area contributed by atoms with Gasteiger partial charge in [-0.05, 0) is 5.56 Å². The Kier molecular flexibility index (Phi) is 5.55. The van der Waals surface area contributed by atoms with Crippen LogP contribution in [0.25, 0.3) is 0 Å². The molecule has 0 fully saturated rings. The van der Waals surface area contributed by atoms with E-state index < -0.39 is 12.0 Å². The fraction of sp³-hybridized carbons (Fsp3) is 0.300. The molecule has 0 saturated heterocycles. The maximum absolute atomic E-state index is 10.4. The third-order valence-corrected chi connectivity index (χ3v) is 1.42. The smallest absolute Gasteiger partial charge is 0.325 e. The van der Waals surface area contributed by atoms with E-state index in [-0.39, 0.29) is 0 Å². The molecule has 0 aliphatic carbocycles. The van der Waals surface area contributed by atoms with Gasteiger partial charge in [0.15, 0.2) is 0 Å². The molecule has 0 radical (unpaired) electrons. The molecule has 0 amide bonds. The second-order valence-corrected chi connectivity index (χ2v) is 2.23. The van der Waals surface area contributed by atoms with Crippen LogP contribution >= 0.6 is 0 Å². The first-order chi connectivity index (χ1) is 6.22. The van der Waals surface area contributed by atoms with Gasteiger partial charge in [-0.15, -0.1) is 0 Å². The highest BCUT2D eigenvalue weighted by Crippen LogP contribution is 2.08. The Bertz CT molecular complexity index is 246. The molecule has 3 N–H and O–H groups in total. The van der Waals surface area contributed by atoms with E-state index in [1.54, 1.807) is 24.3 Å². The van der Waals surface area contributed by atoms with Crippen LogP contribution in [0.1, 0.15) is 25.5 Å². The lowest BCUT2D eigenvalue weighted by atomic mass is 10.1. The van der Waals surface area contributed by atoms with Crippen molar-refractivity contribution in [3.05, 3.63) is 35.9 Å². The summed E-state index contributed by atoms with van der Waals surface area (Å²) in [6.45, 7) is 4.00. The summed E-state index contributed by atoms with van der Waals surface area (Å²) in [7, 11) is 0. The van der Waals surface area contributed by atoms with E-state index in [1.165, 1.54) is 0 Å². The second kappa shape index (κ2) is 6.20. The number of hydrogen-bond acceptors (Lipinski definition) is 2. The van der Waals surface area contributed by atoms with Crippen LogP contribution in [0.4, 0.5) is 0 Å². The third kappa shape index (κ3) is 3.71. The zero-order valence-corrected chi connectivity index (χ0v) is 7.90. The van der Waals surface area contributed by atoms with Gasteiger partial charge in [0.2, 0.25) is 0 Å². The van der Waals surface area contributed by atoms with Gasteiger partial charge >= 0.3 is 5.97 Å². The number of carboxylic acids is 1. The summed E-state index contributed by atoms with van der Waals surface area (Å²) >= 11 is 0. The summed E-state index contributed by atoms with van der Waals surface area (Å²) in [6.07, 6.45) is 0. The lowest BCUT2D eigenvalue weighted by Gasteiger charge is -2.04. The van der Waals surface area contributed by atoms with Crippen molar-refractivity contribution in [3.8, 4) is 0 Å². The summed E-state index contributed by atoms with van der Waals surface area (Å²) in [5.74, 6) is -1.00. The molecule has 1 atom stereocenters. The number of hydrogen-bond donors (Lipinski definition) is 2. The highest BCUT2D eigenvalue weighted by molar-refractivity contribution is 5.75. The van der Waals surface area contributed by atoms with Gasteiger partial charge < -0.3 is 10.8 Å². The van der Waals surface area contributed by atoms with Crippen LogP contribution in [0.3, 0.4) is 0 Å². The standard InChI is InChI=1S/C8H9NO2.C2H6/c9-7(8(10)11)6-4-2-1-3-5-6;1-2/h1-5,7H,9H2,(H,10,11);1-2H3. The van der Waals surface area contributed by atoms with E-state index in [4.69, 9.17) is 10.8 Å². The minimum Gasteiger partial charge on any atom is -0.480 e. The van der Waals surface area contributed by atoms with Crippen molar-refractivity contribution in [2.24, 2.45) is 5.73 Å². The van der Waals surface area contributed by atoms with Crippen LogP contribution < -0.4 is 5.73 Å². The van der Waals surface area contributed by atoms with Crippen molar-refractivity contribution in [3.63, 3.8) is 0 Å². The van der Waals surface area contributed by atoms with Crippen LogP contribution in [0.2, 0.25) is 0 Å². The van der Waals surface area contributed by atoms with Gasteiger partial charge in [0.1, 0.15) is 6.04 Å². The molecule has 0 aromatic heterocycles. The third-order valence-electron chi connectivity index (χ3n) is 1.42. The number of carbonyl (C=O) groups is 1. The zero-order valence-electron chi connectivity index (χ0n) is 7.90. The van der Waals surface area contributed by atoms with E-state index in [1.807, 2.05) is 19.9 Å². The Hall–Kier alpha value is -1.35. The van der Waals surface area contributed by atoms with Crippen molar-refractivity contribution in [2.45, 2.75) is 19.9 Å². The molecule has 72 valence electrons. The predicted molar refractivity (Wildman–Crippen MR) is 52.4 cm³/mol. The SMILES string of the molecule is CC.NC(C(=O)O)c1ccccc1. The average Bonchev–Trinajstić information content (AvgIpc) is 2.21. The van der Waals surface area contributed by atoms with Gasteiger partial charge in [-0.25, -0.2) is 0 Å². The summed E-state index contributed by atoms with van der Waals surface area (Å²) in [5, 5.41) is 8.51. The lowest BCUT2D eigenvalue weighted by Crippen LogP contribution is -2.20. The monoisotopic (exact) mass is 181 g/mol. The maximum Gasteiger partial charge on any atom is 0.325 e. The Morgan fingerprint density at radius 3 is 2.15 bits per heavy atom. The van der Waals surface area contributed by atoms with Crippen LogP contribution in [0.5, 0.6) is 0 Å². The van der Waals surface area contributed by atoms with Gasteiger partial charge in [0, 0.05) is 0 Å². The molecule has 0 aliphatic rings. The molecule has 3 heteroatoms. The zero-order chi connectivity index (χ0) is 10.3. The summed E-state index contributed by atoms with van der Waals surface area (Å²) in [4.78, 5) is 10.4. The van der Waals surface area contributed by atoms with Gasteiger partial charge in [0.25, 0.3) is 0 Å². The lowest BCUT2D eigenvalue weighted by molar-refractivity contribution is -0.138. The molecule has 3 nitrogen and oxygen atoms in total. The minimum absolute atomic E-state index is 0.625. The summed E-state index contributed by atoms with van der Waals surface area (Å²) in [6, 6.07) is 7.82. The first-order valence-corrected chi connectivity index (χ1v) is 4.25. The minimum atomic E-state index is -1.00. The predicted octanol–water partition coefficient (Wildman–Crippen LogP) is 1.80. The molecule has 13 heavy (non-hydrogen) atoms. The number of nitrogens with two attached hydrogens (primary N) is 1. The van der Waals surface area contributed by atoms with Gasteiger partial charge in [-0.1, -0.05) is 44.2 Å². The molecule has 1 aromatic carbocycles. The topological polar surface area (TPSA) is 63.3 Å². The maximum atomic E-state index is 10.4. The fourth-order valence-electron chi connectivity index (χ4n) is 0.803. The summed E-state index contributed by atoms with van der Waals surface area (Å²) in [5.41, 5.74) is 5.96. The van der Waals surface area contributed by atoms with E-state index in [0.29, 0.717) is 5.56 Å². The van der Waals surface area contributed by atoms with Crippen LogP contribution in [-0.4, -0.2) is 11.1 Å². The quantitative estimate of drug-likeness (QED) is 0.731. The molecular weight excluding hydrogens is 166 g/mol. The molecule has 1 unspecified atom stereocenters. The average molecular weight is 181 g/mol. The number of carboxylic acid groups (broad SMARTS) is 1. The van der Waals surface area contributed by atoms with Gasteiger partial charge in [-0.2, -0.15) is 0 Å². The van der Waals surface area contributed by atoms with E-state index in [9.17, 15) is 4.79 Å². The van der Waals surface area contributed by atoms with Gasteiger partial charge in [-0.3, -0.25) is 4.79 Å². The Morgan fingerprint density at radius 1 is 1.31 bits per heavy atom. The van der Waals surface area contributed by atoms with Crippen molar-refractivity contribution in [1.29, 1.82) is 0 Å². The van der Waals surface area contributed by atoms with Crippen molar-refractivity contribution in [2.75, 3.05) is 0 Å². The van der Waals surface area contributed by atoms with Crippen LogP contribution in [0.15, 0.2) is 30.3 Å². The number of aliphatic carboxylic acids is 1. The summed E-state index contributed by atoms with van der Waals surface area (Å²) < 4.78 is 0. The molecule has 0 aliphatic heterocycles. The van der Waals surface area contributed by atoms with E-state index >= 15 is 0 Å². The van der Waals surface area contributed by atoms with Crippen molar-refractivity contribution in [1.82, 2.24) is 0 Å². The van der Waals surface area contributed by atoms with Crippen molar-refractivity contribution >= 4 is 5.97 Å². The number of benzene rings is 1. The molecule has 0 saturated carbocycles. The van der Waals surface area contributed by atoms with Crippen LogP contribution in [-0.2, 0) is 4.79 Å². The van der Waals surface area contributed by atoms with E-state index in [2.05, 4.69) is 0 Å². The second-order valence-electron chi connectivity index (χ2n) is 2.23. The molecule has 1 aromatic rings.